The lowest BCUT2D eigenvalue weighted by Crippen LogP contribution is -2.31. The zero-order valence-electron chi connectivity index (χ0n) is 11.9. The molecule has 0 amide bonds. The fourth-order valence-corrected chi connectivity index (χ4v) is 1.43. The summed E-state index contributed by atoms with van der Waals surface area (Å²) in [6, 6.07) is 1.85. The highest BCUT2D eigenvalue weighted by Crippen LogP contribution is 2.18. The molecule has 0 saturated carbocycles. The number of anilines is 2. The molecule has 1 aromatic rings. The summed E-state index contributed by atoms with van der Waals surface area (Å²) in [5.74, 6) is -0.0918. The molecule has 1 rings (SSSR count). The number of rotatable bonds is 6. The fraction of sp³-hybridized carbons (Fsp3) is 0.538. The van der Waals surface area contributed by atoms with Crippen LogP contribution in [0.25, 0.3) is 0 Å². The number of carbonyl (C=O) groups excluding carboxylic acids is 1. The van der Waals surface area contributed by atoms with Crippen LogP contribution in [-0.4, -0.2) is 49.1 Å². The molecule has 0 aliphatic rings. The third-order valence-corrected chi connectivity index (χ3v) is 2.89. The van der Waals surface area contributed by atoms with E-state index in [1.807, 2.05) is 14.1 Å². The van der Waals surface area contributed by atoms with Crippen molar-refractivity contribution >= 4 is 17.5 Å². The molecule has 0 radical (unpaired) electrons. The fourth-order valence-electron chi connectivity index (χ4n) is 1.43. The molecule has 3 N–H and O–H groups in total. The Morgan fingerprint density at radius 2 is 2.26 bits per heavy atom. The number of likely N-dealkylation sites (N-methyl/N-ethyl adjacent to an activating group) is 1. The molecule has 0 spiro atoms. The van der Waals surface area contributed by atoms with E-state index in [9.17, 15) is 4.79 Å². The Balaban J connectivity index is 2.85. The summed E-state index contributed by atoms with van der Waals surface area (Å²) in [6.45, 7) is 4.88. The van der Waals surface area contributed by atoms with Crippen LogP contribution in [0.3, 0.4) is 0 Å². The van der Waals surface area contributed by atoms with E-state index in [2.05, 4.69) is 22.1 Å². The Labute approximate surface area is 113 Å². The van der Waals surface area contributed by atoms with Crippen LogP contribution in [0.1, 0.15) is 24.2 Å². The molecule has 6 heteroatoms. The Hall–Kier alpha value is -1.82. The number of nitrogens with one attached hydrogen (secondary N) is 1. The first-order valence-corrected chi connectivity index (χ1v) is 6.28. The molecule has 106 valence electrons. The van der Waals surface area contributed by atoms with Gasteiger partial charge in [0.1, 0.15) is 5.82 Å². The Kier molecular flexibility index (Phi) is 5.57. The van der Waals surface area contributed by atoms with E-state index in [1.165, 1.54) is 6.07 Å². The lowest BCUT2D eigenvalue weighted by Gasteiger charge is -2.21. The van der Waals surface area contributed by atoms with E-state index >= 15 is 0 Å². The minimum Gasteiger partial charge on any atom is -0.462 e. The highest BCUT2D eigenvalue weighted by atomic mass is 16.5. The van der Waals surface area contributed by atoms with Gasteiger partial charge in [0, 0.05) is 12.6 Å². The maximum atomic E-state index is 11.8. The van der Waals surface area contributed by atoms with Crippen molar-refractivity contribution in [2.24, 2.45) is 0 Å². The van der Waals surface area contributed by atoms with Gasteiger partial charge in [-0.1, -0.05) is 0 Å². The predicted molar refractivity (Wildman–Crippen MR) is 76.2 cm³/mol. The van der Waals surface area contributed by atoms with Crippen LogP contribution in [-0.2, 0) is 4.74 Å². The minimum atomic E-state index is -0.392. The van der Waals surface area contributed by atoms with Crippen molar-refractivity contribution in [1.82, 2.24) is 9.88 Å². The maximum Gasteiger partial charge on any atom is 0.340 e. The number of hydrogen-bond donors (Lipinski definition) is 2. The second kappa shape index (κ2) is 6.94. The molecule has 0 bridgehead atoms. The van der Waals surface area contributed by atoms with Crippen LogP contribution in [0.2, 0.25) is 0 Å². The standard InChI is InChI=1S/C13H22N4O2/c1-5-19-13(18)10-6-12(14)16-8-11(10)15-7-9(2)17(3)4/h6,8-9,15H,5,7H2,1-4H3,(H2,14,16). The van der Waals surface area contributed by atoms with E-state index in [0.717, 1.165) is 0 Å². The molecule has 0 saturated heterocycles. The quantitative estimate of drug-likeness (QED) is 0.753. The van der Waals surface area contributed by atoms with Crippen LogP contribution >= 0.6 is 0 Å². The third kappa shape index (κ3) is 4.40. The Bertz CT molecular complexity index is 435. The van der Waals surface area contributed by atoms with Gasteiger partial charge >= 0.3 is 5.97 Å². The molecule has 1 aromatic heterocycles. The first-order chi connectivity index (χ1) is 8.95. The summed E-state index contributed by atoms with van der Waals surface area (Å²) in [6.07, 6.45) is 1.56. The second-order valence-corrected chi connectivity index (χ2v) is 4.57. The average molecular weight is 266 g/mol. The number of nitrogen functional groups attached to an aromatic ring is 1. The van der Waals surface area contributed by atoms with Crippen molar-refractivity contribution in [2.75, 3.05) is 38.3 Å². The van der Waals surface area contributed by atoms with E-state index in [0.29, 0.717) is 36.3 Å². The third-order valence-electron chi connectivity index (χ3n) is 2.89. The number of hydrogen-bond acceptors (Lipinski definition) is 6. The first kappa shape index (κ1) is 15.2. The van der Waals surface area contributed by atoms with Crippen LogP contribution < -0.4 is 11.1 Å². The lowest BCUT2D eigenvalue weighted by molar-refractivity contribution is 0.0527. The van der Waals surface area contributed by atoms with Crippen molar-refractivity contribution in [3.63, 3.8) is 0 Å². The lowest BCUT2D eigenvalue weighted by atomic mass is 10.2. The number of esters is 1. The normalized spacial score (nSPS) is 12.3. The monoisotopic (exact) mass is 266 g/mol. The van der Waals surface area contributed by atoms with Gasteiger partial charge < -0.3 is 20.7 Å². The van der Waals surface area contributed by atoms with E-state index in [-0.39, 0.29) is 0 Å². The predicted octanol–water partition coefficient (Wildman–Crippen LogP) is 1.20. The zero-order valence-corrected chi connectivity index (χ0v) is 11.9. The summed E-state index contributed by atoms with van der Waals surface area (Å²) < 4.78 is 5.01. The summed E-state index contributed by atoms with van der Waals surface area (Å²) in [5, 5.41) is 3.20. The van der Waals surface area contributed by atoms with E-state index < -0.39 is 5.97 Å². The van der Waals surface area contributed by atoms with Gasteiger partial charge in [0.05, 0.1) is 24.1 Å². The summed E-state index contributed by atoms with van der Waals surface area (Å²) >= 11 is 0. The molecular formula is C13H22N4O2. The van der Waals surface area contributed by atoms with Crippen LogP contribution in [0, 0.1) is 0 Å². The van der Waals surface area contributed by atoms with Gasteiger partial charge in [-0.2, -0.15) is 0 Å². The molecule has 0 aliphatic heterocycles. The number of nitrogens with two attached hydrogens (primary N) is 1. The molecule has 1 unspecified atom stereocenters. The van der Waals surface area contributed by atoms with Crippen molar-refractivity contribution in [2.45, 2.75) is 19.9 Å². The van der Waals surface area contributed by atoms with Gasteiger partial charge in [-0.25, -0.2) is 9.78 Å². The Morgan fingerprint density at radius 1 is 1.58 bits per heavy atom. The first-order valence-electron chi connectivity index (χ1n) is 6.28. The number of carbonyl (C=O) groups is 1. The molecular weight excluding hydrogens is 244 g/mol. The van der Waals surface area contributed by atoms with Crippen molar-refractivity contribution in [3.8, 4) is 0 Å². The summed E-state index contributed by atoms with van der Waals surface area (Å²) in [5.41, 5.74) is 6.67. The highest BCUT2D eigenvalue weighted by molar-refractivity contribution is 5.96. The van der Waals surface area contributed by atoms with Crippen molar-refractivity contribution in [3.05, 3.63) is 17.8 Å². The van der Waals surface area contributed by atoms with Crippen LogP contribution in [0.4, 0.5) is 11.5 Å². The summed E-state index contributed by atoms with van der Waals surface area (Å²) in [4.78, 5) is 17.9. The van der Waals surface area contributed by atoms with Gasteiger partial charge in [-0.05, 0) is 34.0 Å². The van der Waals surface area contributed by atoms with Gasteiger partial charge in [0.2, 0.25) is 0 Å². The number of aromatic nitrogens is 1. The van der Waals surface area contributed by atoms with E-state index in [4.69, 9.17) is 10.5 Å². The molecule has 1 heterocycles. The largest absolute Gasteiger partial charge is 0.462 e. The van der Waals surface area contributed by atoms with E-state index in [1.54, 1.807) is 13.1 Å². The number of ether oxygens (including phenoxy) is 1. The average Bonchev–Trinajstić information content (AvgIpc) is 2.36. The SMILES string of the molecule is CCOC(=O)c1cc(N)ncc1NCC(C)N(C)C. The van der Waals surface area contributed by atoms with Gasteiger partial charge in [0.15, 0.2) is 0 Å². The van der Waals surface area contributed by atoms with Gasteiger partial charge in [0.25, 0.3) is 0 Å². The summed E-state index contributed by atoms with van der Waals surface area (Å²) in [7, 11) is 4.00. The zero-order chi connectivity index (χ0) is 14.4. The van der Waals surface area contributed by atoms with Crippen molar-refractivity contribution < 1.29 is 9.53 Å². The number of pyridine rings is 1. The maximum absolute atomic E-state index is 11.8. The Morgan fingerprint density at radius 3 is 2.84 bits per heavy atom. The van der Waals surface area contributed by atoms with Gasteiger partial charge in [-0.15, -0.1) is 0 Å². The highest BCUT2D eigenvalue weighted by Gasteiger charge is 2.14. The molecule has 1 atom stereocenters. The smallest absolute Gasteiger partial charge is 0.340 e. The topological polar surface area (TPSA) is 80.5 Å². The number of nitrogens with zero attached hydrogens (tertiary/aromatic N) is 2. The van der Waals surface area contributed by atoms with Crippen LogP contribution in [0.5, 0.6) is 0 Å². The second-order valence-electron chi connectivity index (χ2n) is 4.57. The molecule has 19 heavy (non-hydrogen) atoms. The molecule has 0 aliphatic carbocycles. The molecule has 0 aromatic carbocycles. The van der Waals surface area contributed by atoms with Gasteiger partial charge in [-0.3, -0.25) is 0 Å². The molecule has 0 fully saturated rings. The van der Waals surface area contributed by atoms with Crippen molar-refractivity contribution in [1.29, 1.82) is 0 Å². The molecule has 6 nitrogen and oxygen atoms in total. The minimum absolute atomic E-state index is 0.300. The van der Waals surface area contributed by atoms with Crippen LogP contribution in [0.15, 0.2) is 12.3 Å².